The summed E-state index contributed by atoms with van der Waals surface area (Å²) in [6, 6.07) is 14.8. The van der Waals surface area contributed by atoms with E-state index >= 15 is 0 Å². The molecule has 0 atom stereocenters. The van der Waals surface area contributed by atoms with Crippen LogP contribution in [-0.4, -0.2) is 0 Å². The van der Waals surface area contributed by atoms with Crippen LogP contribution in [0.15, 0.2) is 36.4 Å². The van der Waals surface area contributed by atoms with Crippen LogP contribution in [0.5, 0.6) is 0 Å². The first-order chi connectivity index (χ1) is 18.8. The predicted octanol–water partition coefficient (Wildman–Crippen LogP) is 12.5. The predicted molar refractivity (Wildman–Crippen MR) is 176 cm³/mol. The van der Waals surface area contributed by atoms with Crippen molar-refractivity contribution in [2.45, 2.75) is 165 Å². The first-order valence-electron chi connectivity index (χ1n) is 16.9. The summed E-state index contributed by atoms with van der Waals surface area (Å²) >= 11 is 0. The molecule has 2 rings (SSSR count). The monoisotopic (exact) mass is 533 g/mol. The van der Waals surface area contributed by atoms with E-state index in [1.54, 1.807) is 11.1 Å². The zero-order chi connectivity index (χ0) is 28.7. The summed E-state index contributed by atoms with van der Waals surface area (Å²) in [7, 11) is 0. The maximum Gasteiger partial charge on any atom is -0.00254 e. The lowest BCUT2D eigenvalue weighted by Gasteiger charge is -2.34. The summed E-state index contributed by atoms with van der Waals surface area (Å²) in [5, 5.41) is 0. The molecule has 0 saturated carbocycles. The number of hydrogen-bond acceptors (Lipinski definition) is 0. The molecule has 0 spiro atoms. The molecule has 0 amide bonds. The summed E-state index contributed by atoms with van der Waals surface area (Å²) in [4.78, 5) is 0. The van der Waals surface area contributed by atoms with E-state index < -0.39 is 0 Å². The van der Waals surface area contributed by atoms with Crippen molar-refractivity contribution in [3.05, 3.63) is 69.8 Å². The van der Waals surface area contributed by atoms with Crippen LogP contribution in [0.2, 0.25) is 0 Å². The lowest BCUT2D eigenvalue weighted by molar-refractivity contribution is 0.192. The van der Waals surface area contributed by atoms with Crippen LogP contribution in [0.1, 0.15) is 165 Å². The number of benzene rings is 2. The molecular formula is C39H64. The molecule has 0 aromatic heterocycles. The molecule has 0 aliphatic carbocycles. The maximum absolute atomic E-state index is 2.53. The molecule has 2 aromatic rings. The number of hydrogen-bond donors (Lipinski definition) is 0. The molecule has 2 aromatic carbocycles. The summed E-state index contributed by atoms with van der Waals surface area (Å²) in [5.74, 6) is 0. The Hall–Kier alpha value is -1.56. The van der Waals surface area contributed by atoms with Crippen LogP contribution in [0.25, 0.3) is 0 Å². The van der Waals surface area contributed by atoms with Crippen molar-refractivity contribution in [1.82, 2.24) is 0 Å². The molecule has 39 heavy (non-hydrogen) atoms. The van der Waals surface area contributed by atoms with Crippen LogP contribution < -0.4 is 0 Å². The van der Waals surface area contributed by atoms with Gasteiger partial charge in [-0.2, -0.15) is 0 Å². The Kier molecular flexibility index (Phi) is 14.9. The second-order valence-electron chi connectivity index (χ2n) is 13.3. The van der Waals surface area contributed by atoms with Crippen molar-refractivity contribution in [3.63, 3.8) is 0 Å². The van der Waals surface area contributed by atoms with Gasteiger partial charge in [0.15, 0.2) is 0 Å². The maximum atomic E-state index is 2.53. The first-order valence-corrected chi connectivity index (χ1v) is 16.9. The van der Waals surface area contributed by atoms with Gasteiger partial charge in [-0.15, -0.1) is 0 Å². The topological polar surface area (TPSA) is 0 Å². The molecule has 0 saturated heterocycles. The highest BCUT2D eigenvalue weighted by Gasteiger charge is 2.28. The molecule has 220 valence electrons. The SMILES string of the molecule is CCCC(CCC)(CCC)CCc1cc(C)cc(Cc2cc(C)cc(CCC(CCC)(CCC)CCC)c2)c1. The van der Waals surface area contributed by atoms with Gasteiger partial charge >= 0.3 is 0 Å². The van der Waals surface area contributed by atoms with Crippen LogP contribution in [0.3, 0.4) is 0 Å². The second kappa shape index (κ2) is 17.3. The minimum Gasteiger partial charge on any atom is -0.0654 e. The molecule has 0 heteroatoms. The molecule has 0 fully saturated rings. The quantitative estimate of drug-likeness (QED) is 0.159. The van der Waals surface area contributed by atoms with E-state index in [4.69, 9.17) is 0 Å². The minimum absolute atomic E-state index is 0.538. The standard InChI is InChI=1S/C39H64/c1-9-17-38(18-10-2,19-11-3)23-15-34-25-32(7)27-36(29-34)31-37-28-33(8)26-35(30-37)16-24-39(20-12-4,21-13-5)22-14-6/h25-30H,9-24,31H2,1-8H3. The third kappa shape index (κ3) is 11.1. The normalized spacial score (nSPS) is 12.3. The van der Waals surface area contributed by atoms with E-state index in [1.165, 1.54) is 125 Å². The van der Waals surface area contributed by atoms with E-state index in [2.05, 4.69) is 91.8 Å². The molecule has 0 heterocycles. The smallest absolute Gasteiger partial charge is 0.00254 e. The molecule has 0 radical (unpaired) electrons. The van der Waals surface area contributed by atoms with Crippen molar-refractivity contribution in [1.29, 1.82) is 0 Å². The van der Waals surface area contributed by atoms with Gasteiger partial charge in [-0.3, -0.25) is 0 Å². The molecular weight excluding hydrogens is 468 g/mol. The lowest BCUT2D eigenvalue weighted by atomic mass is 9.71. The Bertz CT molecular complexity index is 837. The average molecular weight is 533 g/mol. The Morgan fingerprint density at radius 1 is 0.385 bits per heavy atom. The largest absolute Gasteiger partial charge is 0.0654 e. The van der Waals surface area contributed by atoms with Gasteiger partial charge in [0.25, 0.3) is 0 Å². The van der Waals surface area contributed by atoms with Gasteiger partial charge in [-0.05, 0) is 118 Å². The highest BCUT2D eigenvalue weighted by Crippen LogP contribution is 2.41. The molecule has 0 unspecified atom stereocenters. The van der Waals surface area contributed by atoms with Gasteiger partial charge in [0.2, 0.25) is 0 Å². The molecule has 0 N–H and O–H groups in total. The molecule has 0 bridgehead atoms. The van der Waals surface area contributed by atoms with E-state index in [9.17, 15) is 0 Å². The Morgan fingerprint density at radius 2 is 0.667 bits per heavy atom. The van der Waals surface area contributed by atoms with Gasteiger partial charge < -0.3 is 0 Å². The van der Waals surface area contributed by atoms with Crippen LogP contribution >= 0.6 is 0 Å². The van der Waals surface area contributed by atoms with Crippen molar-refractivity contribution in [2.75, 3.05) is 0 Å². The third-order valence-electron chi connectivity index (χ3n) is 9.37. The van der Waals surface area contributed by atoms with Gasteiger partial charge in [0, 0.05) is 0 Å². The lowest BCUT2D eigenvalue weighted by Crippen LogP contribution is -2.21. The number of rotatable bonds is 20. The summed E-state index contributed by atoms with van der Waals surface area (Å²) in [6.07, 6.45) is 22.4. The van der Waals surface area contributed by atoms with Gasteiger partial charge in [0.1, 0.15) is 0 Å². The second-order valence-corrected chi connectivity index (χ2v) is 13.3. The highest BCUT2D eigenvalue weighted by molar-refractivity contribution is 5.37. The van der Waals surface area contributed by atoms with Crippen molar-refractivity contribution >= 4 is 0 Å². The van der Waals surface area contributed by atoms with Crippen molar-refractivity contribution in [3.8, 4) is 0 Å². The van der Waals surface area contributed by atoms with E-state index in [-0.39, 0.29) is 0 Å². The highest BCUT2D eigenvalue weighted by atomic mass is 14.3. The van der Waals surface area contributed by atoms with Gasteiger partial charge in [0.05, 0.1) is 0 Å². The first kappa shape index (κ1) is 33.6. The van der Waals surface area contributed by atoms with Crippen LogP contribution in [-0.2, 0) is 19.3 Å². The van der Waals surface area contributed by atoms with Gasteiger partial charge in [-0.1, -0.05) is 128 Å². The van der Waals surface area contributed by atoms with Crippen LogP contribution in [0, 0.1) is 24.7 Å². The fourth-order valence-electron chi connectivity index (χ4n) is 8.13. The van der Waals surface area contributed by atoms with E-state index in [0.29, 0.717) is 10.8 Å². The van der Waals surface area contributed by atoms with Crippen molar-refractivity contribution < 1.29 is 0 Å². The zero-order valence-electron chi connectivity index (χ0n) is 27.5. The molecule has 0 aliphatic rings. The van der Waals surface area contributed by atoms with Gasteiger partial charge in [-0.25, -0.2) is 0 Å². The van der Waals surface area contributed by atoms with Crippen LogP contribution in [0.4, 0.5) is 0 Å². The third-order valence-corrected chi connectivity index (χ3v) is 9.37. The Balaban J connectivity index is 2.20. The fraction of sp³-hybridized carbons (Fsp3) is 0.692. The molecule has 0 aliphatic heterocycles. The van der Waals surface area contributed by atoms with E-state index in [0.717, 1.165) is 6.42 Å². The summed E-state index contributed by atoms with van der Waals surface area (Å²) in [5.41, 5.74) is 10.0. The Morgan fingerprint density at radius 3 is 0.949 bits per heavy atom. The van der Waals surface area contributed by atoms with Crippen molar-refractivity contribution in [2.24, 2.45) is 10.8 Å². The average Bonchev–Trinajstić information content (AvgIpc) is 2.87. The van der Waals surface area contributed by atoms with E-state index in [1.807, 2.05) is 0 Å². The minimum atomic E-state index is 0.538. The molecule has 0 nitrogen and oxygen atoms in total. The summed E-state index contributed by atoms with van der Waals surface area (Å²) in [6.45, 7) is 18.8. The Labute approximate surface area is 244 Å². The number of aryl methyl sites for hydroxylation is 4. The zero-order valence-corrected chi connectivity index (χ0v) is 27.5. The fourth-order valence-corrected chi connectivity index (χ4v) is 8.13. The summed E-state index contributed by atoms with van der Waals surface area (Å²) < 4.78 is 0.